The molecule has 3 heteroatoms. The van der Waals surface area contributed by atoms with E-state index < -0.39 is 0 Å². The van der Waals surface area contributed by atoms with Crippen molar-refractivity contribution in [3.05, 3.63) is 0 Å². The topological polar surface area (TPSA) is 32.3 Å². The van der Waals surface area contributed by atoms with Crippen LogP contribution in [0.1, 0.15) is 59.3 Å². The number of nitrogens with zero attached hydrogens (tertiary/aromatic N) is 1. The normalized spacial score (nSPS) is 23.6. The lowest BCUT2D eigenvalue weighted by Crippen LogP contribution is -2.41. The number of rotatable bonds is 6. The van der Waals surface area contributed by atoms with Gasteiger partial charge < -0.3 is 10.2 Å². The van der Waals surface area contributed by atoms with Crippen molar-refractivity contribution in [1.82, 2.24) is 10.2 Å². The lowest BCUT2D eigenvalue weighted by molar-refractivity contribution is -0.126. The van der Waals surface area contributed by atoms with E-state index in [9.17, 15) is 4.79 Å². The molecule has 0 aromatic heterocycles. The Morgan fingerprint density at radius 1 is 1.10 bits per heavy atom. The smallest absolute Gasteiger partial charge is 0.223 e. The van der Waals surface area contributed by atoms with E-state index in [4.69, 9.17) is 0 Å². The summed E-state index contributed by atoms with van der Waals surface area (Å²) in [5, 5.41) is 3.23. The molecule has 2 aliphatic rings. The molecule has 2 rings (SSSR count). The van der Waals surface area contributed by atoms with Crippen molar-refractivity contribution in [2.75, 3.05) is 26.2 Å². The molecule has 0 aromatic rings. The molecule has 0 spiro atoms. The summed E-state index contributed by atoms with van der Waals surface area (Å²) in [5.74, 6) is 2.60. The Morgan fingerprint density at radius 3 is 2.29 bits per heavy atom. The Labute approximate surface area is 130 Å². The lowest BCUT2D eigenvalue weighted by Gasteiger charge is -2.33. The molecule has 1 aliphatic carbocycles. The second-order valence-corrected chi connectivity index (χ2v) is 7.72. The molecule has 2 fully saturated rings. The maximum atomic E-state index is 12.3. The molecule has 1 aliphatic heterocycles. The Morgan fingerprint density at radius 2 is 1.71 bits per heavy atom. The van der Waals surface area contributed by atoms with Crippen LogP contribution in [0, 0.1) is 23.7 Å². The standard InChI is InChI=1S/C18H34N2O/c1-14(2)13-20-10-8-16(9-11-20)12-19-18(21)15(3)17-6-4-5-7-17/h14-17H,4-13H2,1-3H3,(H,19,21). The van der Waals surface area contributed by atoms with Gasteiger partial charge in [0.2, 0.25) is 5.91 Å². The molecule has 3 nitrogen and oxygen atoms in total. The molecular formula is C18H34N2O. The van der Waals surface area contributed by atoms with Gasteiger partial charge in [0.1, 0.15) is 0 Å². The second kappa shape index (κ2) is 8.17. The minimum Gasteiger partial charge on any atom is -0.356 e. The number of likely N-dealkylation sites (tertiary alicyclic amines) is 1. The fourth-order valence-electron chi connectivity index (χ4n) is 3.97. The predicted octanol–water partition coefficient (Wildman–Crippen LogP) is 3.30. The van der Waals surface area contributed by atoms with E-state index in [1.807, 2.05) is 0 Å². The van der Waals surface area contributed by atoms with Gasteiger partial charge in [-0.05, 0) is 56.5 Å². The van der Waals surface area contributed by atoms with Crippen molar-refractivity contribution in [3.63, 3.8) is 0 Å². The van der Waals surface area contributed by atoms with E-state index >= 15 is 0 Å². The van der Waals surface area contributed by atoms with Gasteiger partial charge in [0.05, 0.1) is 0 Å². The summed E-state index contributed by atoms with van der Waals surface area (Å²) in [4.78, 5) is 14.8. The highest BCUT2D eigenvalue weighted by molar-refractivity contribution is 5.78. The molecule has 122 valence electrons. The summed E-state index contributed by atoms with van der Waals surface area (Å²) in [6, 6.07) is 0. The monoisotopic (exact) mass is 294 g/mol. The maximum absolute atomic E-state index is 12.3. The molecule has 1 atom stereocenters. The fourth-order valence-corrected chi connectivity index (χ4v) is 3.97. The Bertz CT molecular complexity index is 315. The molecule has 1 heterocycles. The highest BCUT2D eigenvalue weighted by Crippen LogP contribution is 2.31. The molecule has 0 radical (unpaired) electrons. The third-order valence-electron chi connectivity index (χ3n) is 5.42. The average Bonchev–Trinajstić information content (AvgIpc) is 2.99. The zero-order valence-electron chi connectivity index (χ0n) is 14.2. The number of nitrogens with one attached hydrogen (secondary N) is 1. The number of piperidine rings is 1. The molecule has 0 aromatic carbocycles. The Kier molecular flexibility index (Phi) is 6.53. The van der Waals surface area contributed by atoms with Crippen LogP contribution in [-0.2, 0) is 4.79 Å². The van der Waals surface area contributed by atoms with E-state index in [1.54, 1.807) is 0 Å². The van der Waals surface area contributed by atoms with Crippen molar-refractivity contribution < 1.29 is 4.79 Å². The van der Waals surface area contributed by atoms with Gasteiger partial charge in [-0.15, -0.1) is 0 Å². The van der Waals surface area contributed by atoms with Gasteiger partial charge in [0.15, 0.2) is 0 Å². The van der Waals surface area contributed by atoms with Gasteiger partial charge in [-0.3, -0.25) is 4.79 Å². The first-order valence-corrected chi connectivity index (χ1v) is 9.06. The van der Waals surface area contributed by atoms with Crippen LogP contribution in [0.3, 0.4) is 0 Å². The highest BCUT2D eigenvalue weighted by Gasteiger charge is 2.27. The van der Waals surface area contributed by atoms with Gasteiger partial charge >= 0.3 is 0 Å². The number of carbonyl (C=O) groups is 1. The second-order valence-electron chi connectivity index (χ2n) is 7.72. The van der Waals surface area contributed by atoms with Crippen LogP contribution in [0.2, 0.25) is 0 Å². The number of hydrogen-bond donors (Lipinski definition) is 1. The summed E-state index contributed by atoms with van der Waals surface area (Å²) < 4.78 is 0. The van der Waals surface area contributed by atoms with Crippen LogP contribution in [0.5, 0.6) is 0 Å². The molecular weight excluding hydrogens is 260 g/mol. The van der Waals surface area contributed by atoms with Gasteiger partial charge in [-0.1, -0.05) is 33.6 Å². The minimum atomic E-state index is 0.216. The van der Waals surface area contributed by atoms with Crippen molar-refractivity contribution in [2.45, 2.75) is 59.3 Å². The molecule has 1 saturated carbocycles. The first kappa shape index (κ1) is 16.8. The summed E-state index contributed by atoms with van der Waals surface area (Å²) in [6.07, 6.45) is 7.62. The minimum absolute atomic E-state index is 0.216. The fraction of sp³-hybridized carbons (Fsp3) is 0.944. The number of carbonyl (C=O) groups excluding carboxylic acids is 1. The predicted molar refractivity (Wildman–Crippen MR) is 88.1 cm³/mol. The maximum Gasteiger partial charge on any atom is 0.223 e. The molecule has 1 saturated heterocycles. The highest BCUT2D eigenvalue weighted by atomic mass is 16.1. The van der Waals surface area contributed by atoms with E-state index in [0.29, 0.717) is 17.7 Å². The molecule has 0 bridgehead atoms. The summed E-state index contributed by atoms with van der Waals surface area (Å²) in [5.41, 5.74) is 0. The van der Waals surface area contributed by atoms with Gasteiger partial charge in [0, 0.05) is 19.0 Å². The quantitative estimate of drug-likeness (QED) is 0.815. The number of hydrogen-bond acceptors (Lipinski definition) is 2. The lowest BCUT2D eigenvalue weighted by atomic mass is 9.91. The SMILES string of the molecule is CC(C)CN1CCC(CNC(=O)C(C)C2CCCC2)CC1. The number of amides is 1. The summed E-state index contributed by atoms with van der Waals surface area (Å²) in [6.45, 7) is 11.2. The van der Waals surface area contributed by atoms with Crippen LogP contribution < -0.4 is 5.32 Å². The van der Waals surface area contributed by atoms with Gasteiger partial charge in [-0.25, -0.2) is 0 Å². The van der Waals surface area contributed by atoms with Crippen molar-refractivity contribution in [2.24, 2.45) is 23.7 Å². The van der Waals surface area contributed by atoms with Crippen LogP contribution in [0.25, 0.3) is 0 Å². The third kappa shape index (κ3) is 5.28. The largest absolute Gasteiger partial charge is 0.356 e. The molecule has 1 unspecified atom stereocenters. The third-order valence-corrected chi connectivity index (χ3v) is 5.42. The van der Waals surface area contributed by atoms with Gasteiger partial charge in [-0.2, -0.15) is 0 Å². The summed E-state index contributed by atoms with van der Waals surface area (Å²) >= 11 is 0. The van der Waals surface area contributed by atoms with Crippen LogP contribution in [-0.4, -0.2) is 37.0 Å². The van der Waals surface area contributed by atoms with Crippen molar-refractivity contribution >= 4 is 5.91 Å². The van der Waals surface area contributed by atoms with Crippen molar-refractivity contribution in [1.29, 1.82) is 0 Å². The summed E-state index contributed by atoms with van der Waals surface area (Å²) in [7, 11) is 0. The first-order chi connectivity index (χ1) is 10.1. The van der Waals surface area contributed by atoms with Crippen molar-refractivity contribution in [3.8, 4) is 0 Å². The molecule has 21 heavy (non-hydrogen) atoms. The Hall–Kier alpha value is -0.570. The molecule has 1 amide bonds. The van der Waals surface area contributed by atoms with Crippen LogP contribution >= 0.6 is 0 Å². The van der Waals surface area contributed by atoms with E-state index in [1.165, 1.54) is 58.2 Å². The van der Waals surface area contributed by atoms with Gasteiger partial charge in [0.25, 0.3) is 0 Å². The first-order valence-electron chi connectivity index (χ1n) is 9.06. The average molecular weight is 294 g/mol. The van der Waals surface area contributed by atoms with E-state index in [2.05, 4.69) is 31.0 Å². The zero-order valence-corrected chi connectivity index (χ0v) is 14.2. The van der Waals surface area contributed by atoms with E-state index in [0.717, 1.165) is 12.5 Å². The van der Waals surface area contributed by atoms with E-state index in [-0.39, 0.29) is 5.92 Å². The van der Waals surface area contributed by atoms with Crippen LogP contribution in [0.15, 0.2) is 0 Å². The zero-order chi connectivity index (χ0) is 15.2. The molecule has 1 N–H and O–H groups in total. The Balaban J connectivity index is 1.63. The van der Waals surface area contributed by atoms with Crippen LogP contribution in [0.4, 0.5) is 0 Å².